The topological polar surface area (TPSA) is 57.3 Å². The van der Waals surface area contributed by atoms with Crippen molar-refractivity contribution in [2.45, 2.75) is 51.1 Å². The van der Waals surface area contributed by atoms with E-state index < -0.39 is 18.1 Å². The van der Waals surface area contributed by atoms with Gasteiger partial charge in [0.1, 0.15) is 15.9 Å². The zero-order chi connectivity index (χ0) is 16.4. The maximum absolute atomic E-state index is 11.2. The molecule has 22 heavy (non-hydrogen) atoms. The summed E-state index contributed by atoms with van der Waals surface area (Å²) in [5, 5.41) is 0. The minimum absolute atomic E-state index is 0.297. The second-order valence-corrected chi connectivity index (χ2v) is 12.7. The molecule has 0 radical (unpaired) electrons. The van der Waals surface area contributed by atoms with Gasteiger partial charge >= 0.3 is 5.97 Å². The van der Waals surface area contributed by atoms with Gasteiger partial charge in [-0.15, -0.1) is 0 Å². The van der Waals surface area contributed by atoms with Gasteiger partial charge in [-0.25, -0.2) is 4.79 Å². The first-order chi connectivity index (χ1) is 10.4. The predicted molar refractivity (Wildman–Crippen MR) is 92.3 cm³/mol. The monoisotopic (exact) mass is 346 g/mol. The van der Waals surface area contributed by atoms with Gasteiger partial charge in [0.05, 0.1) is 19.8 Å². The van der Waals surface area contributed by atoms with Gasteiger partial charge in [0.25, 0.3) is 0 Å². The number of epoxide rings is 1. The summed E-state index contributed by atoms with van der Waals surface area (Å²) in [7, 11) is -2.05. The van der Waals surface area contributed by atoms with Gasteiger partial charge in [0.2, 0.25) is 0 Å². The fourth-order valence-electron chi connectivity index (χ4n) is 1.89. The summed E-state index contributed by atoms with van der Waals surface area (Å²) in [6, 6.07) is 2.19. The second kappa shape index (κ2) is 10.3. The lowest BCUT2D eigenvalue weighted by molar-refractivity contribution is -0.138. The summed E-state index contributed by atoms with van der Waals surface area (Å²) in [5.41, 5.74) is 0.456. The molecule has 0 aromatic carbocycles. The number of carbonyl (C=O) groups is 1. The summed E-state index contributed by atoms with van der Waals surface area (Å²) in [6.45, 7) is 12.6. The third kappa shape index (κ3) is 10.3. The van der Waals surface area contributed by atoms with Gasteiger partial charge in [-0.05, 0) is 44.9 Å². The SMILES string of the molecule is C=C(C)C(=O)OCCC[SiH2]O[Si](C)(C)CCCOCC1CO1. The molecule has 1 aliphatic rings. The molecule has 0 amide bonds. The third-order valence-electron chi connectivity index (χ3n) is 3.39. The first kappa shape index (κ1) is 19.6. The molecule has 1 unspecified atom stereocenters. The zero-order valence-electron chi connectivity index (χ0n) is 14.2. The Kier molecular flexibility index (Phi) is 9.19. The number of rotatable bonds is 13. The molecule has 0 N–H and O–H groups in total. The van der Waals surface area contributed by atoms with E-state index in [4.69, 9.17) is 18.3 Å². The van der Waals surface area contributed by atoms with Gasteiger partial charge in [0.15, 0.2) is 8.32 Å². The first-order valence-electron chi connectivity index (χ1n) is 8.07. The van der Waals surface area contributed by atoms with E-state index in [1.54, 1.807) is 6.92 Å². The summed E-state index contributed by atoms with van der Waals surface area (Å²) in [5.74, 6) is -0.297. The van der Waals surface area contributed by atoms with E-state index in [0.717, 1.165) is 44.8 Å². The lowest BCUT2D eigenvalue weighted by atomic mass is 10.4. The molecular formula is C15H30O5Si2. The van der Waals surface area contributed by atoms with Crippen LogP contribution in [0.3, 0.4) is 0 Å². The van der Waals surface area contributed by atoms with Crippen LogP contribution in [0.15, 0.2) is 12.2 Å². The van der Waals surface area contributed by atoms with Crippen molar-refractivity contribution in [1.29, 1.82) is 0 Å². The van der Waals surface area contributed by atoms with Crippen LogP contribution in [0.5, 0.6) is 0 Å². The van der Waals surface area contributed by atoms with E-state index >= 15 is 0 Å². The van der Waals surface area contributed by atoms with Gasteiger partial charge < -0.3 is 18.3 Å². The molecule has 1 fully saturated rings. The lowest BCUT2D eigenvalue weighted by Crippen LogP contribution is -2.32. The third-order valence-corrected chi connectivity index (χ3v) is 9.68. The number of hydrogen-bond acceptors (Lipinski definition) is 5. The van der Waals surface area contributed by atoms with E-state index in [9.17, 15) is 4.79 Å². The standard InChI is InChI=1S/C15H30O5Si2/c1-13(2)15(16)18-8-5-9-21-20-22(3,4)10-6-7-17-11-14-12-19-14/h14H,1,5-12,21H2,2-4H3. The molecule has 0 bridgehead atoms. The second-order valence-electron chi connectivity index (χ2n) is 6.37. The molecule has 0 aromatic heterocycles. The Bertz CT molecular complexity index is 356. The van der Waals surface area contributed by atoms with Crippen molar-refractivity contribution < 1.29 is 23.1 Å². The van der Waals surface area contributed by atoms with E-state index in [-0.39, 0.29) is 5.97 Å². The van der Waals surface area contributed by atoms with Crippen molar-refractivity contribution in [3.05, 3.63) is 12.2 Å². The highest BCUT2D eigenvalue weighted by Gasteiger charge is 2.23. The van der Waals surface area contributed by atoms with Gasteiger partial charge in [0, 0.05) is 12.2 Å². The molecule has 0 aliphatic carbocycles. The van der Waals surface area contributed by atoms with Crippen molar-refractivity contribution in [3.63, 3.8) is 0 Å². The number of carbonyl (C=O) groups excluding carboxylic acids is 1. The number of esters is 1. The summed E-state index contributed by atoms with van der Waals surface area (Å²) >= 11 is 0. The molecule has 1 rings (SSSR count). The largest absolute Gasteiger partial charge is 0.462 e. The van der Waals surface area contributed by atoms with Crippen molar-refractivity contribution >= 4 is 24.0 Å². The predicted octanol–water partition coefficient (Wildman–Crippen LogP) is 2.03. The molecule has 128 valence electrons. The van der Waals surface area contributed by atoms with Crippen LogP contribution in [-0.2, 0) is 23.1 Å². The highest BCUT2D eigenvalue weighted by atomic mass is 28.4. The minimum Gasteiger partial charge on any atom is -0.462 e. The fraction of sp³-hybridized carbons (Fsp3) is 0.800. The Balaban J connectivity index is 1.92. The Labute approximate surface area is 137 Å². The van der Waals surface area contributed by atoms with Crippen LogP contribution < -0.4 is 0 Å². The molecule has 0 aromatic rings. The summed E-state index contributed by atoms with van der Waals surface area (Å²) < 4.78 is 21.9. The van der Waals surface area contributed by atoms with Crippen LogP contribution in [0.2, 0.25) is 25.2 Å². The van der Waals surface area contributed by atoms with Crippen molar-refractivity contribution in [2.24, 2.45) is 0 Å². The minimum atomic E-state index is -1.54. The van der Waals surface area contributed by atoms with Crippen molar-refractivity contribution in [1.82, 2.24) is 0 Å². The quantitative estimate of drug-likeness (QED) is 0.168. The maximum Gasteiger partial charge on any atom is 0.333 e. The van der Waals surface area contributed by atoms with E-state index in [1.807, 2.05) is 0 Å². The van der Waals surface area contributed by atoms with E-state index in [1.165, 1.54) is 0 Å². The number of hydrogen-bond donors (Lipinski definition) is 0. The van der Waals surface area contributed by atoms with E-state index in [2.05, 4.69) is 19.7 Å². The van der Waals surface area contributed by atoms with Crippen LogP contribution >= 0.6 is 0 Å². The van der Waals surface area contributed by atoms with Crippen LogP contribution in [0.1, 0.15) is 19.8 Å². The van der Waals surface area contributed by atoms with Crippen LogP contribution in [0.25, 0.3) is 0 Å². The molecule has 1 saturated heterocycles. The van der Waals surface area contributed by atoms with Gasteiger partial charge in [-0.3, -0.25) is 0 Å². The Morgan fingerprint density at radius 1 is 1.36 bits per heavy atom. The Morgan fingerprint density at radius 3 is 2.73 bits per heavy atom. The molecule has 1 heterocycles. The van der Waals surface area contributed by atoms with Gasteiger partial charge in [-0.2, -0.15) is 0 Å². The van der Waals surface area contributed by atoms with Crippen molar-refractivity contribution in [3.8, 4) is 0 Å². The Hall–Kier alpha value is -0.476. The molecule has 1 aliphatic heterocycles. The van der Waals surface area contributed by atoms with E-state index in [0.29, 0.717) is 18.3 Å². The highest BCUT2D eigenvalue weighted by Crippen LogP contribution is 2.15. The average molecular weight is 347 g/mol. The van der Waals surface area contributed by atoms with Crippen LogP contribution in [0, 0.1) is 0 Å². The smallest absolute Gasteiger partial charge is 0.333 e. The first-order valence-corrected chi connectivity index (χ1v) is 12.8. The Morgan fingerprint density at radius 2 is 2.09 bits per heavy atom. The normalized spacial score (nSPS) is 17.9. The summed E-state index contributed by atoms with van der Waals surface area (Å²) in [4.78, 5) is 11.2. The number of ether oxygens (including phenoxy) is 3. The molecule has 5 nitrogen and oxygen atoms in total. The average Bonchev–Trinajstić information content (AvgIpc) is 3.25. The molecule has 7 heteroatoms. The summed E-state index contributed by atoms with van der Waals surface area (Å²) in [6.07, 6.45) is 2.31. The highest BCUT2D eigenvalue weighted by molar-refractivity contribution is 6.75. The van der Waals surface area contributed by atoms with Crippen LogP contribution in [0.4, 0.5) is 0 Å². The van der Waals surface area contributed by atoms with Gasteiger partial charge in [-0.1, -0.05) is 6.58 Å². The molecular weight excluding hydrogens is 316 g/mol. The molecule has 0 spiro atoms. The van der Waals surface area contributed by atoms with Crippen molar-refractivity contribution in [2.75, 3.05) is 26.4 Å². The lowest BCUT2D eigenvalue weighted by Gasteiger charge is -2.23. The fourth-order valence-corrected chi connectivity index (χ4v) is 6.66. The molecule has 1 atom stereocenters. The molecule has 0 saturated carbocycles. The maximum atomic E-state index is 11.2. The zero-order valence-corrected chi connectivity index (χ0v) is 16.6. The van der Waals surface area contributed by atoms with Crippen LogP contribution in [-0.4, -0.2) is 56.6 Å².